The van der Waals surface area contributed by atoms with Crippen LogP contribution in [-0.2, 0) is 9.59 Å². The van der Waals surface area contributed by atoms with Crippen molar-refractivity contribution in [3.8, 4) is 17.4 Å². The lowest BCUT2D eigenvalue weighted by Gasteiger charge is -2.40. The summed E-state index contributed by atoms with van der Waals surface area (Å²) in [5, 5.41) is 3.16. The van der Waals surface area contributed by atoms with Crippen LogP contribution in [0.1, 0.15) is 76.2 Å². The first-order valence-electron chi connectivity index (χ1n) is 18.9. The maximum Gasteiger partial charge on any atom is 0.262 e. The Morgan fingerprint density at radius 1 is 0.891 bits per heavy atom. The van der Waals surface area contributed by atoms with Gasteiger partial charge >= 0.3 is 0 Å². The zero-order valence-corrected chi connectivity index (χ0v) is 31.5. The number of pyridine rings is 1. The zero-order valence-electron chi connectivity index (χ0n) is 30.6. The van der Waals surface area contributed by atoms with Crippen molar-refractivity contribution in [1.29, 1.82) is 0 Å². The van der Waals surface area contributed by atoms with Crippen molar-refractivity contribution in [3.05, 3.63) is 88.6 Å². The van der Waals surface area contributed by atoms with Crippen LogP contribution in [-0.4, -0.2) is 88.9 Å². The molecule has 0 radical (unpaired) electrons. The van der Waals surface area contributed by atoms with Crippen molar-refractivity contribution >= 4 is 57.3 Å². The van der Waals surface area contributed by atoms with Gasteiger partial charge in [0.15, 0.2) is 0 Å². The molecule has 55 heavy (non-hydrogen) atoms. The van der Waals surface area contributed by atoms with Crippen LogP contribution in [0.15, 0.2) is 66.9 Å². The third-order valence-electron chi connectivity index (χ3n) is 10.9. The Bertz CT molecular complexity index is 2150. The van der Waals surface area contributed by atoms with E-state index >= 15 is 0 Å². The van der Waals surface area contributed by atoms with E-state index in [1.54, 1.807) is 36.6 Å². The highest BCUT2D eigenvalue weighted by molar-refractivity contribution is 7.19. The third-order valence-corrected chi connectivity index (χ3v) is 11.9. The molecule has 2 saturated heterocycles. The van der Waals surface area contributed by atoms with Crippen LogP contribution in [0, 0.1) is 11.8 Å². The van der Waals surface area contributed by atoms with Gasteiger partial charge in [-0.15, -0.1) is 11.3 Å². The number of likely N-dealkylation sites (tertiary alicyclic amines) is 1. The molecule has 2 aromatic heterocycles. The van der Waals surface area contributed by atoms with E-state index in [2.05, 4.69) is 20.2 Å². The van der Waals surface area contributed by atoms with Crippen LogP contribution >= 0.6 is 11.3 Å². The van der Waals surface area contributed by atoms with Gasteiger partial charge in [-0.25, -0.2) is 9.97 Å². The van der Waals surface area contributed by atoms with Gasteiger partial charge in [0.05, 0.1) is 35.1 Å². The van der Waals surface area contributed by atoms with Gasteiger partial charge in [-0.1, -0.05) is 18.2 Å². The SMILES string of the molecule is COc1ccc2nc(/C=C/C=C/c3ccc(O[C@H]4C[C@H](CN5CCC(CCOc6ccc7c(c6)C(=O)N(C6CCC(=O)NC6=O)C7=O)CC5)C4)nc3)sc2c1. The number of aromatic nitrogens is 2. The van der Waals surface area contributed by atoms with Crippen LogP contribution in [0.25, 0.3) is 22.4 Å². The van der Waals surface area contributed by atoms with E-state index in [0.29, 0.717) is 30.1 Å². The van der Waals surface area contributed by atoms with Crippen molar-refractivity contribution in [2.45, 2.75) is 57.1 Å². The first kappa shape index (κ1) is 36.6. The number of hydrogen-bond acceptors (Lipinski definition) is 11. The summed E-state index contributed by atoms with van der Waals surface area (Å²) in [6.07, 6.45) is 15.5. The number of piperidine rings is 2. The van der Waals surface area contributed by atoms with E-state index in [0.717, 1.165) is 83.2 Å². The summed E-state index contributed by atoms with van der Waals surface area (Å²) >= 11 is 1.63. The molecule has 1 unspecified atom stereocenters. The minimum absolute atomic E-state index is 0.0884. The van der Waals surface area contributed by atoms with Crippen LogP contribution in [0.3, 0.4) is 0 Å². The van der Waals surface area contributed by atoms with Crippen molar-refractivity contribution in [2.24, 2.45) is 11.8 Å². The van der Waals surface area contributed by atoms with E-state index in [1.807, 2.05) is 60.8 Å². The lowest BCUT2D eigenvalue weighted by Crippen LogP contribution is -2.54. The molecule has 1 saturated carbocycles. The second-order valence-corrected chi connectivity index (χ2v) is 15.7. The minimum atomic E-state index is -0.980. The van der Waals surface area contributed by atoms with Crippen LogP contribution in [0.4, 0.5) is 0 Å². The van der Waals surface area contributed by atoms with Gasteiger partial charge in [0, 0.05) is 25.2 Å². The average Bonchev–Trinajstić information content (AvgIpc) is 3.70. The molecule has 3 fully saturated rings. The molecule has 12 nitrogen and oxygen atoms in total. The molecule has 4 aliphatic rings. The number of hydrogen-bond donors (Lipinski definition) is 1. The largest absolute Gasteiger partial charge is 0.497 e. The maximum atomic E-state index is 13.1. The molecular weight excluding hydrogens is 719 g/mol. The first-order valence-corrected chi connectivity index (χ1v) is 19.7. The second-order valence-electron chi connectivity index (χ2n) is 14.6. The van der Waals surface area contributed by atoms with E-state index in [-0.39, 0.29) is 30.1 Å². The molecule has 5 heterocycles. The van der Waals surface area contributed by atoms with Gasteiger partial charge in [0.25, 0.3) is 11.8 Å². The number of allylic oxidation sites excluding steroid dienone is 2. The Hall–Kier alpha value is -5.40. The molecular formula is C42H43N5O7S. The standard InChI is InChI=1S/C42H43N5O7S/c1-52-29-8-10-34-36(23-29)55-39(44-34)5-3-2-4-27-6-13-38(43-24-27)54-31-20-28(21-31)25-46-17-14-26(15-18-46)16-19-53-30-7-9-32-33(22-30)42(51)47(41(32)50)35-11-12-37(48)45-40(35)49/h2-10,13,22-24,26,28,31,35H,11-12,14-21,25H2,1H3,(H,45,48,49)/b4-2+,5-3+/t28-,31-,35?. The number of methoxy groups -OCH3 is 1. The second kappa shape index (κ2) is 16.1. The highest BCUT2D eigenvalue weighted by Gasteiger charge is 2.44. The number of thiazole rings is 1. The number of benzene rings is 2. The van der Waals surface area contributed by atoms with Crippen LogP contribution in [0.5, 0.6) is 17.4 Å². The minimum Gasteiger partial charge on any atom is -0.497 e. The van der Waals surface area contributed by atoms with E-state index in [4.69, 9.17) is 14.2 Å². The number of carbonyl (C=O) groups excluding carboxylic acids is 4. The molecule has 4 aromatic rings. The Balaban J connectivity index is 0.712. The monoisotopic (exact) mass is 761 g/mol. The molecule has 1 N–H and O–H groups in total. The number of nitrogens with one attached hydrogen (secondary N) is 1. The van der Waals surface area contributed by atoms with E-state index < -0.39 is 29.7 Å². The number of carbonyl (C=O) groups is 4. The third kappa shape index (κ3) is 8.32. The zero-order chi connectivity index (χ0) is 37.9. The van der Waals surface area contributed by atoms with Crippen LogP contribution < -0.4 is 19.5 Å². The summed E-state index contributed by atoms with van der Waals surface area (Å²) in [6.45, 7) is 3.75. The predicted molar refractivity (Wildman–Crippen MR) is 208 cm³/mol. The molecule has 3 aliphatic heterocycles. The number of nitrogens with zero attached hydrogens (tertiary/aromatic N) is 4. The highest BCUT2D eigenvalue weighted by atomic mass is 32.1. The van der Waals surface area contributed by atoms with Gasteiger partial charge < -0.3 is 19.1 Å². The Morgan fingerprint density at radius 3 is 2.47 bits per heavy atom. The van der Waals surface area contributed by atoms with Gasteiger partial charge in [-0.2, -0.15) is 0 Å². The average molecular weight is 762 g/mol. The quantitative estimate of drug-likeness (QED) is 0.124. The topological polar surface area (TPSA) is 140 Å². The number of rotatable bonds is 13. The van der Waals surface area contributed by atoms with E-state index in [9.17, 15) is 19.2 Å². The van der Waals surface area contributed by atoms with Crippen molar-refractivity contribution in [1.82, 2.24) is 25.1 Å². The fraction of sp³-hybridized carbons (Fsp3) is 0.381. The summed E-state index contributed by atoms with van der Waals surface area (Å²) in [6, 6.07) is 13.8. The van der Waals surface area contributed by atoms with Crippen molar-refractivity contribution in [3.63, 3.8) is 0 Å². The Morgan fingerprint density at radius 2 is 1.69 bits per heavy atom. The van der Waals surface area contributed by atoms with Gasteiger partial charge in [-0.05, 0) is 118 Å². The molecule has 284 valence electrons. The summed E-state index contributed by atoms with van der Waals surface area (Å²) in [5.74, 6) is 1.17. The molecule has 4 amide bonds. The first-order chi connectivity index (χ1) is 26.8. The number of fused-ring (bicyclic) bond motifs is 2. The van der Waals surface area contributed by atoms with E-state index in [1.165, 1.54) is 0 Å². The molecule has 0 bridgehead atoms. The highest BCUT2D eigenvalue weighted by Crippen LogP contribution is 2.34. The normalized spacial score (nSPS) is 22.1. The van der Waals surface area contributed by atoms with Crippen molar-refractivity contribution in [2.75, 3.05) is 33.4 Å². The smallest absolute Gasteiger partial charge is 0.262 e. The molecule has 1 aliphatic carbocycles. The van der Waals surface area contributed by atoms with Crippen LogP contribution in [0.2, 0.25) is 0 Å². The lowest BCUT2D eigenvalue weighted by atomic mass is 9.81. The van der Waals surface area contributed by atoms with Crippen molar-refractivity contribution < 1.29 is 33.4 Å². The van der Waals surface area contributed by atoms with Gasteiger partial charge in [-0.3, -0.25) is 29.4 Å². The predicted octanol–water partition coefficient (Wildman–Crippen LogP) is 6.17. The fourth-order valence-corrected chi connectivity index (χ4v) is 8.69. The number of amides is 4. The molecule has 0 spiro atoms. The fourth-order valence-electron chi connectivity index (χ4n) is 7.78. The Labute approximate surface area is 323 Å². The molecule has 13 heteroatoms. The molecule has 1 atom stereocenters. The number of imide groups is 2. The summed E-state index contributed by atoms with van der Waals surface area (Å²) in [5.41, 5.74) is 2.45. The summed E-state index contributed by atoms with van der Waals surface area (Å²) < 4.78 is 18.6. The Kier molecular flexibility index (Phi) is 10.7. The maximum absolute atomic E-state index is 13.1. The summed E-state index contributed by atoms with van der Waals surface area (Å²) in [4.78, 5) is 62.7. The van der Waals surface area contributed by atoms with Gasteiger partial charge in [0.1, 0.15) is 28.7 Å². The lowest BCUT2D eigenvalue weighted by molar-refractivity contribution is -0.136. The molecule has 8 rings (SSSR count). The number of ether oxygens (including phenoxy) is 3. The molecule has 2 aromatic carbocycles. The van der Waals surface area contributed by atoms with Gasteiger partial charge in [0.2, 0.25) is 17.7 Å². The summed E-state index contributed by atoms with van der Waals surface area (Å²) in [7, 11) is 1.67.